The van der Waals surface area contributed by atoms with Gasteiger partial charge in [0, 0.05) is 31.5 Å². The lowest BCUT2D eigenvalue weighted by atomic mass is 9.98. The summed E-state index contributed by atoms with van der Waals surface area (Å²) in [7, 11) is 1.76. The van der Waals surface area contributed by atoms with Gasteiger partial charge < -0.3 is 5.32 Å². The number of nitrogens with one attached hydrogen (secondary N) is 2. The third-order valence-electron chi connectivity index (χ3n) is 4.50. The molecule has 10 heteroatoms. The third kappa shape index (κ3) is 5.48. The molecule has 2 aromatic rings. The van der Waals surface area contributed by atoms with Crippen LogP contribution in [0.1, 0.15) is 36.6 Å². The Bertz CT molecular complexity index is 804. The van der Waals surface area contributed by atoms with Gasteiger partial charge in [0.15, 0.2) is 5.82 Å². The zero-order chi connectivity index (χ0) is 18.5. The number of amides is 1. The van der Waals surface area contributed by atoms with Crippen molar-refractivity contribution >= 4 is 29.9 Å². The first-order valence-corrected chi connectivity index (χ1v) is 8.68. The Kier molecular flexibility index (Phi) is 7.26. The number of hydrogen-bond donors (Lipinski definition) is 2. The Balaban J connectivity index is 0.00000261. The standard InChI is InChI=1S/C17H22N6O3.ClH/c1-22-17(20-16(21-22)13-7-9-18-10-8-13)19-15(24)6-5-12-3-2-4-14(11-12)23(25)26;/h2-4,11,13,18H,5-10H2,1H3,(H,19,20,21,24);1H. The summed E-state index contributed by atoms with van der Waals surface area (Å²) in [6.07, 6.45) is 2.62. The van der Waals surface area contributed by atoms with Gasteiger partial charge in [-0.1, -0.05) is 12.1 Å². The minimum atomic E-state index is -0.439. The molecule has 0 bridgehead atoms. The van der Waals surface area contributed by atoms with Crippen LogP contribution in [-0.2, 0) is 18.3 Å². The van der Waals surface area contributed by atoms with Crippen LogP contribution in [0.2, 0.25) is 0 Å². The van der Waals surface area contributed by atoms with Crippen molar-refractivity contribution in [3.05, 3.63) is 45.8 Å². The van der Waals surface area contributed by atoms with E-state index in [1.54, 1.807) is 23.9 Å². The average Bonchev–Trinajstić information content (AvgIpc) is 3.01. The molecule has 27 heavy (non-hydrogen) atoms. The maximum Gasteiger partial charge on any atom is 0.269 e. The summed E-state index contributed by atoms with van der Waals surface area (Å²) in [6.45, 7) is 1.90. The molecular formula is C17H23ClN6O3. The molecule has 1 saturated heterocycles. The molecular weight excluding hydrogens is 372 g/mol. The lowest BCUT2D eigenvalue weighted by molar-refractivity contribution is -0.384. The number of piperidine rings is 1. The third-order valence-corrected chi connectivity index (χ3v) is 4.50. The van der Waals surface area contributed by atoms with E-state index < -0.39 is 4.92 Å². The summed E-state index contributed by atoms with van der Waals surface area (Å²) in [5.74, 6) is 1.33. The summed E-state index contributed by atoms with van der Waals surface area (Å²) < 4.78 is 1.59. The number of aromatic nitrogens is 3. The van der Waals surface area contributed by atoms with E-state index in [0.717, 1.165) is 37.3 Å². The van der Waals surface area contributed by atoms with Crippen LogP contribution in [0, 0.1) is 10.1 Å². The van der Waals surface area contributed by atoms with Crippen LogP contribution in [0.4, 0.5) is 11.6 Å². The highest BCUT2D eigenvalue weighted by atomic mass is 35.5. The van der Waals surface area contributed by atoms with E-state index in [4.69, 9.17) is 0 Å². The zero-order valence-electron chi connectivity index (χ0n) is 15.1. The molecule has 1 aliphatic rings. The average molecular weight is 395 g/mol. The van der Waals surface area contributed by atoms with E-state index in [1.807, 2.05) is 0 Å². The van der Waals surface area contributed by atoms with Gasteiger partial charge in [-0.25, -0.2) is 4.68 Å². The number of hydrogen-bond acceptors (Lipinski definition) is 6. The van der Waals surface area contributed by atoms with Gasteiger partial charge in [-0.05, 0) is 37.9 Å². The number of non-ortho nitro benzene ring substituents is 1. The van der Waals surface area contributed by atoms with Crippen molar-refractivity contribution in [1.29, 1.82) is 0 Å². The number of halogens is 1. The number of carbonyl (C=O) groups is 1. The number of aryl methyl sites for hydroxylation is 2. The van der Waals surface area contributed by atoms with Crippen molar-refractivity contribution in [2.45, 2.75) is 31.6 Å². The molecule has 1 fully saturated rings. The van der Waals surface area contributed by atoms with Gasteiger partial charge in [0.25, 0.3) is 5.69 Å². The molecule has 3 rings (SSSR count). The molecule has 1 aliphatic heterocycles. The quantitative estimate of drug-likeness (QED) is 0.573. The van der Waals surface area contributed by atoms with Gasteiger partial charge in [-0.2, -0.15) is 10.1 Å². The number of anilines is 1. The zero-order valence-corrected chi connectivity index (χ0v) is 15.9. The van der Waals surface area contributed by atoms with Crippen LogP contribution in [0.25, 0.3) is 0 Å². The molecule has 0 spiro atoms. The highest BCUT2D eigenvalue weighted by molar-refractivity contribution is 5.89. The van der Waals surface area contributed by atoms with E-state index in [-0.39, 0.29) is 30.4 Å². The fraction of sp³-hybridized carbons (Fsp3) is 0.471. The Hall–Kier alpha value is -2.52. The highest BCUT2D eigenvalue weighted by Crippen LogP contribution is 2.23. The second-order valence-corrected chi connectivity index (χ2v) is 6.42. The minimum Gasteiger partial charge on any atom is -0.317 e. The SMILES string of the molecule is Cl.Cn1nc(C2CCNCC2)nc1NC(=O)CCc1cccc([N+](=O)[O-])c1. The fourth-order valence-corrected chi connectivity index (χ4v) is 3.04. The minimum absolute atomic E-state index is 0. The van der Waals surface area contributed by atoms with Crippen molar-refractivity contribution in [3.63, 3.8) is 0 Å². The Morgan fingerprint density at radius 3 is 2.85 bits per heavy atom. The smallest absolute Gasteiger partial charge is 0.269 e. The molecule has 0 aliphatic carbocycles. The molecule has 1 amide bonds. The Morgan fingerprint density at radius 2 is 2.15 bits per heavy atom. The maximum absolute atomic E-state index is 12.2. The molecule has 0 atom stereocenters. The maximum atomic E-state index is 12.2. The van der Waals surface area contributed by atoms with Gasteiger partial charge >= 0.3 is 0 Å². The molecule has 0 saturated carbocycles. The lowest BCUT2D eigenvalue weighted by Gasteiger charge is -2.19. The van der Waals surface area contributed by atoms with E-state index in [1.165, 1.54) is 12.1 Å². The van der Waals surface area contributed by atoms with Gasteiger partial charge in [-0.3, -0.25) is 20.2 Å². The summed E-state index contributed by atoms with van der Waals surface area (Å²) in [5, 5.41) is 21.3. The van der Waals surface area contributed by atoms with E-state index >= 15 is 0 Å². The molecule has 9 nitrogen and oxygen atoms in total. The van der Waals surface area contributed by atoms with Crippen molar-refractivity contribution in [2.75, 3.05) is 18.4 Å². The second-order valence-electron chi connectivity index (χ2n) is 6.42. The first-order valence-electron chi connectivity index (χ1n) is 8.68. The van der Waals surface area contributed by atoms with E-state index in [0.29, 0.717) is 18.3 Å². The summed E-state index contributed by atoms with van der Waals surface area (Å²) >= 11 is 0. The summed E-state index contributed by atoms with van der Waals surface area (Å²) in [5.41, 5.74) is 0.783. The predicted octanol–water partition coefficient (Wildman–Crippen LogP) is 2.18. The van der Waals surface area contributed by atoms with Gasteiger partial charge in [0.05, 0.1) is 4.92 Å². The molecule has 0 unspecified atom stereocenters. The fourth-order valence-electron chi connectivity index (χ4n) is 3.04. The first kappa shape index (κ1) is 20.8. The van der Waals surface area contributed by atoms with Crippen LogP contribution >= 0.6 is 12.4 Å². The predicted molar refractivity (Wildman–Crippen MR) is 103 cm³/mol. The lowest BCUT2D eigenvalue weighted by Crippen LogP contribution is -2.27. The largest absolute Gasteiger partial charge is 0.317 e. The normalized spacial score (nSPS) is 14.4. The summed E-state index contributed by atoms with van der Waals surface area (Å²) in [6, 6.07) is 6.33. The first-order chi connectivity index (χ1) is 12.5. The van der Waals surface area contributed by atoms with Gasteiger partial charge in [-0.15, -0.1) is 12.4 Å². The van der Waals surface area contributed by atoms with E-state index in [9.17, 15) is 14.9 Å². The topological polar surface area (TPSA) is 115 Å². The summed E-state index contributed by atoms with van der Waals surface area (Å²) in [4.78, 5) is 27.0. The number of carbonyl (C=O) groups excluding carboxylic acids is 1. The van der Waals surface area contributed by atoms with Crippen molar-refractivity contribution in [2.24, 2.45) is 7.05 Å². The van der Waals surface area contributed by atoms with Crippen molar-refractivity contribution in [1.82, 2.24) is 20.1 Å². The molecule has 2 N–H and O–H groups in total. The molecule has 0 radical (unpaired) electrons. The van der Waals surface area contributed by atoms with Crippen LogP contribution in [0.5, 0.6) is 0 Å². The molecule has 1 aromatic heterocycles. The highest BCUT2D eigenvalue weighted by Gasteiger charge is 2.21. The van der Waals surface area contributed by atoms with Crippen LogP contribution in [0.3, 0.4) is 0 Å². The van der Waals surface area contributed by atoms with Crippen LogP contribution in [-0.4, -0.2) is 38.7 Å². The number of nitro benzene ring substituents is 1. The molecule has 1 aromatic carbocycles. The number of nitro groups is 1. The van der Waals surface area contributed by atoms with Gasteiger partial charge in [0.2, 0.25) is 11.9 Å². The number of rotatable bonds is 6. The van der Waals surface area contributed by atoms with Crippen molar-refractivity contribution in [3.8, 4) is 0 Å². The number of benzene rings is 1. The van der Waals surface area contributed by atoms with Crippen molar-refractivity contribution < 1.29 is 9.72 Å². The second kappa shape index (κ2) is 9.43. The molecule has 146 valence electrons. The van der Waals surface area contributed by atoms with Crippen LogP contribution in [0.15, 0.2) is 24.3 Å². The van der Waals surface area contributed by atoms with Crippen LogP contribution < -0.4 is 10.6 Å². The Labute approximate surface area is 163 Å². The van der Waals surface area contributed by atoms with E-state index in [2.05, 4.69) is 20.7 Å². The van der Waals surface area contributed by atoms with Gasteiger partial charge in [0.1, 0.15) is 0 Å². The monoisotopic (exact) mass is 394 g/mol. The number of nitrogens with zero attached hydrogens (tertiary/aromatic N) is 4. The Morgan fingerprint density at radius 1 is 1.41 bits per heavy atom. The molecule has 2 heterocycles.